The van der Waals surface area contributed by atoms with E-state index in [1.54, 1.807) is 12.3 Å². The van der Waals surface area contributed by atoms with Crippen molar-refractivity contribution in [1.82, 2.24) is 10.3 Å². The highest BCUT2D eigenvalue weighted by Gasteiger charge is 2.37. The van der Waals surface area contributed by atoms with Crippen LogP contribution in [-0.4, -0.2) is 34.6 Å². The van der Waals surface area contributed by atoms with Gasteiger partial charge in [0.15, 0.2) is 0 Å². The average molecular weight is 290 g/mol. The quantitative estimate of drug-likeness (QED) is 0.681. The summed E-state index contributed by atoms with van der Waals surface area (Å²) < 4.78 is 0. The lowest BCUT2D eigenvalue weighted by atomic mass is 9.98. The molecule has 0 amide bonds. The van der Waals surface area contributed by atoms with E-state index >= 15 is 0 Å². The third-order valence-corrected chi connectivity index (χ3v) is 4.68. The van der Waals surface area contributed by atoms with Crippen LogP contribution in [0.15, 0.2) is 12.3 Å². The fourth-order valence-electron chi connectivity index (χ4n) is 3.76. The van der Waals surface area contributed by atoms with Crippen LogP contribution in [0.3, 0.4) is 0 Å². The minimum Gasteiger partial charge on any atom is -0.348 e. The Balaban J connectivity index is 1.91. The van der Waals surface area contributed by atoms with Crippen molar-refractivity contribution in [3.8, 4) is 0 Å². The molecule has 2 fully saturated rings. The SMILES string of the molecule is CCN(c1ncc(C)cc1[N+](=O)[O-])C1CC2CCC(C1)N2. The molecule has 2 aliphatic rings. The Labute approximate surface area is 124 Å². The molecule has 2 atom stereocenters. The van der Waals surface area contributed by atoms with E-state index in [-0.39, 0.29) is 10.6 Å². The molecule has 1 N–H and O–H groups in total. The van der Waals surface area contributed by atoms with Gasteiger partial charge in [-0.15, -0.1) is 0 Å². The van der Waals surface area contributed by atoms with Crippen LogP contribution in [0.5, 0.6) is 0 Å². The molecule has 21 heavy (non-hydrogen) atoms. The molecule has 0 spiro atoms. The number of pyridine rings is 1. The van der Waals surface area contributed by atoms with Crippen LogP contribution in [0, 0.1) is 17.0 Å². The lowest BCUT2D eigenvalue weighted by molar-refractivity contribution is -0.384. The zero-order valence-electron chi connectivity index (χ0n) is 12.6. The van der Waals surface area contributed by atoms with Crippen LogP contribution in [-0.2, 0) is 0 Å². The number of nitrogens with one attached hydrogen (secondary N) is 1. The van der Waals surface area contributed by atoms with Gasteiger partial charge in [0, 0.05) is 36.9 Å². The number of aromatic nitrogens is 1. The first-order valence-corrected chi connectivity index (χ1v) is 7.72. The third kappa shape index (κ3) is 2.72. The molecule has 3 rings (SSSR count). The number of nitrogens with zero attached hydrogens (tertiary/aromatic N) is 3. The molecule has 0 aromatic carbocycles. The van der Waals surface area contributed by atoms with Gasteiger partial charge in [0.2, 0.25) is 5.82 Å². The number of anilines is 1. The monoisotopic (exact) mass is 290 g/mol. The molecule has 0 aliphatic carbocycles. The predicted octanol–water partition coefficient (Wildman–Crippen LogP) is 2.41. The highest BCUT2D eigenvalue weighted by Crippen LogP contribution is 2.34. The molecule has 6 heteroatoms. The largest absolute Gasteiger partial charge is 0.348 e. The molecule has 0 saturated carbocycles. The molecule has 0 radical (unpaired) electrons. The number of nitro groups is 1. The molecule has 6 nitrogen and oxygen atoms in total. The Morgan fingerprint density at radius 2 is 2.10 bits per heavy atom. The molecule has 1 aromatic rings. The van der Waals surface area contributed by atoms with Gasteiger partial charge in [0.25, 0.3) is 0 Å². The van der Waals surface area contributed by atoms with Gasteiger partial charge in [-0.25, -0.2) is 4.98 Å². The summed E-state index contributed by atoms with van der Waals surface area (Å²) >= 11 is 0. The van der Waals surface area contributed by atoms with Gasteiger partial charge in [-0.2, -0.15) is 0 Å². The Kier molecular flexibility index (Phi) is 3.80. The number of piperidine rings is 1. The second kappa shape index (κ2) is 5.60. The van der Waals surface area contributed by atoms with Crippen molar-refractivity contribution in [2.75, 3.05) is 11.4 Å². The molecular formula is C15H22N4O2. The Hall–Kier alpha value is -1.69. The molecule has 114 valence electrons. The molecule has 3 heterocycles. The van der Waals surface area contributed by atoms with Crippen LogP contribution >= 0.6 is 0 Å². The summed E-state index contributed by atoms with van der Waals surface area (Å²) in [6.07, 6.45) is 6.28. The van der Waals surface area contributed by atoms with Gasteiger partial charge in [-0.05, 0) is 45.1 Å². The summed E-state index contributed by atoms with van der Waals surface area (Å²) in [5.41, 5.74) is 0.953. The van der Waals surface area contributed by atoms with E-state index in [0.29, 0.717) is 23.9 Å². The minimum absolute atomic E-state index is 0.128. The lowest BCUT2D eigenvalue weighted by Crippen LogP contribution is -2.48. The highest BCUT2D eigenvalue weighted by atomic mass is 16.6. The predicted molar refractivity (Wildman–Crippen MR) is 81.6 cm³/mol. The summed E-state index contributed by atoms with van der Waals surface area (Å²) in [5.74, 6) is 0.527. The van der Waals surface area contributed by atoms with Crippen molar-refractivity contribution < 1.29 is 4.92 Å². The summed E-state index contributed by atoms with van der Waals surface area (Å²) in [6, 6.07) is 3.10. The van der Waals surface area contributed by atoms with Crippen LogP contribution in [0.4, 0.5) is 11.5 Å². The van der Waals surface area contributed by atoms with Crippen molar-refractivity contribution in [2.24, 2.45) is 0 Å². The number of aryl methyl sites for hydroxylation is 1. The zero-order chi connectivity index (χ0) is 15.0. The van der Waals surface area contributed by atoms with E-state index in [4.69, 9.17) is 0 Å². The lowest BCUT2D eigenvalue weighted by Gasteiger charge is -2.37. The van der Waals surface area contributed by atoms with Crippen LogP contribution < -0.4 is 10.2 Å². The number of fused-ring (bicyclic) bond motifs is 2. The fourth-order valence-corrected chi connectivity index (χ4v) is 3.76. The summed E-state index contributed by atoms with van der Waals surface area (Å²) in [7, 11) is 0. The summed E-state index contributed by atoms with van der Waals surface area (Å²) in [5, 5.41) is 15.0. The first-order valence-electron chi connectivity index (χ1n) is 7.72. The van der Waals surface area contributed by atoms with E-state index in [0.717, 1.165) is 24.9 Å². The van der Waals surface area contributed by atoms with Crippen LogP contribution in [0.25, 0.3) is 0 Å². The summed E-state index contributed by atoms with van der Waals surface area (Å²) in [6.45, 7) is 4.64. The Morgan fingerprint density at radius 1 is 1.43 bits per heavy atom. The van der Waals surface area contributed by atoms with E-state index < -0.39 is 0 Å². The number of hydrogen-bond acceptors (Lipinski definition) is 5. The standard InChI is InChI=1S/C15H22N4O2/c1-3-18(13-7-11-4-5-12(8-13)17-11)15-14(19(20)21)6-10(2)9-16-15/h6,9,11-13,17H,3-5,7-8H2,1-2H3. The van der Waals surface area contributed by atoms with Crippen molar-refractivity contribution in [2.45, 2.75) is 57.7 Å². The molecule has 2 aliphatic heterocycles. The first-order chi connectivity index (χ1) is 10.1. The van der Waals surface area contributed by atoms with Gasteiger partial charge in [-0.3, -0.25) is 10.1 Å². The molecule has 2 saturated heterocycles. The first kappa shape index (κ1) is 14.3. The van der Waals surface area contributed by atoms with Crippen LogP contribution in [0.2, 0.25) is 0 Å². The van der Waals surface area contributed by atoms with Gasteiger partial charge in [0.1, 0.15) is 0 Å². The van der Waals surface area contributed by atoms with E-state index in [1.807, 2.05) is 6.92 Å². The van der Waals surface area contributed by atoms with Gasteiger partial charge in [-0.1, -0.05) is 0 Å². The van der Waals surface area contributed by atoms with Crippen molar-refractivity contribution in [1.29, 1.82) is 0 Å². The maximum absolute atomic E-state index is 11.3. The van der Waals surface area contributed by atoms with Gasteiger partial charge in [0.05, 0.1) is 4.92 Å². The number of rotatable bonds is 4. The van der Waals surface area contributed by atoms with Crippen molar-refractivity contribution in [3.05, 3.63) is 27.9 Å². The van der Waals surface area contributed by atoms with E-state index in [1.165, 1.54) is 12.8 Å². The van der Waals surface area contributed by atoms with Crippen LogP contribution in [0.1, 0.15) is 38.2 Å². The Morgan fingerprint density at radius 3 is 2.67 bits per heavy atom. The average Bonchev–Trinajstić information content (AvgIpc) is 2.80. The highest BCUT2D eigenvalue weighted by molar-refractivity contribution is 5.59. The normalized spacial score (nSPS) is 27.6. The van der Waals surface area contributed by atoms with Gasteiger partial charge >= 0.3 is 5.69 Å². The molecule has 2 unspecified atom stereocenters. The molecular weight excluding hydrogens is 268 g/mol. The topological polar surface area (TPSA) is 71.3 Å². The molecule has 1 aromatic heterocycles. The second-order valence-electron chi connectivity index (χ2n) is 6.16. The van der Waals surface area contributed by atoms with E-state index in [2.05, 4.69) is 22.1 Å². The zero-order valence-corrected chi connectivity index (χ0v) is 12.6. The Bertz CT molecular complexity index is 536. The third-order valence-electron chi connectivity index (χ3n) is 4.68. The maximum Gasteiger partial charge on any atom is 0.311 e. The maximum atomic E-state index is 11.3. The number of hydrogen-bond donors (Lipinski definition) is 1. The van der Waals surface area contributed by atoms with Gasteiger partial charge < -0.3 is 10.2 Å². The minimum atomic E-state index is -0.312. The van der Waals surface area contributed by atoms with Crippen molar-refractivity contribution >= 4 is 11.5 Å². The second-order valence-corrected chi connectivity index (χ2v) is 6.16. The van der Waals surface area contributed by atoms with E-state index in [9.17, 15) is 10.1 Å². The summed E-state index contributed by atoms with van der Waals surface area (Å²) in [4.78, 5) is 17.5. The van der Waals surface area contributed by atoms with Crippen molar-refractivity contribution in [3.63, 3.8) is 0 Å². The smallest absolute Gasteiger partial charge is 0.311 e. The fraction of sp³-hybridized carbons (Fsp3) is 0.667. The molecule has 2 bridgehead atoms.